The van der Waals surface area contributed by atoms with Gasteiger partial charge in [0.15, 0.2) is 0 Å². The molecule has 3 rings (SSSR count). The molecule has 0 radical (unpaired) electrons. The molecular formula is C15H8F3N3. The topological polar surface area (TPSA) is 41.6 Å². The van der Waals surface area contributed by atoms with Crippen molar-refractivity contribution in [1.82, 2.24) is 15.0 Å². The molecule has 104 valence electrons. The molecule has 6 heteroatoms. The lowest BCUT2D eigenvalue weighted by molar-refractivity contribution is -0.137. The van der Waals surface area contributed by atoms with Crippen LogP contribution in [0.25, 0.3) is 11.0 Å². The van der Waals surface area contributed by atoms with Crippen LogP contribution >= 0.6 is 0 Å². The number of H-pyrrole nitrogens is 1. The van der Waals surface area contributed by atoms with Gasteiger partial charge in [-0.05, 0) is 24.1 Å². The van der Waals surface area contributed by atoms with E-state index in [4.69, 9.17) is 0 Å². The van der Waals surface area contributed by atoms with E-state index in [9.17, 15) is 13.2 Å². The lowest BCUT2D eigenvalue weighted by atomic mass is 10.1. The standard InChI is InChI=1S/C15H8F3N3/c16-15(17,18)12-4-2-1-3-10(12)5-6-13-11-7-8-19-14(11)21-9-20-13/h1-4,7-9H,(H,19,20,21). The van der Waals surface area contributed by atoms with Crippen LogP contribution in [-0.2, 0) is 6.18 Å². The third-order valence-electron chi connectivity index (χ3n) is 2.90. The van der Waals surface area contributed by atoms with Gasteiger partial charge in [-0.3, -0.25) is 0 Å². The number of hydrogen-bond acceptors (Lipinski definition) is 2. The van der Waals surface area contributed by atoms with Gasteiger partial charge in [0.25, 0.3) is 0 Å². The molecule has 3 nitrogen and oxygen atoms in total. The summed E-state index contributed by atoms with van der Waals surface area (Å²) in [7, 11) is 0. The maximum absolute atomic E-state index is 12.9. The van der Waals surface area contributed by atoms with Crippen molar-refractivity contribution in [3.63, 3.8) is 0 Å². The molecule has 0 atom stereocenters. The van der Waals surface area contributed by atoms with Gasteiger partial charge in [0.1, 0.15) is 17.7 Å². The highest BCUT2D eigenvalue weighted by Crippen LogP contribution is 2.31. The number of nitrogens with zero attached hydrogens (tertiary/aromatic N) is 2. The molecule has 0 saturated heterocycles. The summed E-state index contributed by atoms with van der Waals surface area (Å²) < 4.78 is 38.6. The van der Waals surface area contributed by atoms with E-state index in [1.165, 1.54) is 24.5 Å². The van der Waals surface area contributed by atoms with E-state index < -0.39 is 11.7 Å². The summed E-state index contributed by atoms with van der Waals surface area (Å²) in [5, 5.41) is 0.675. The first-order chi connectivity index (χ1) is 10.1. The van der Waals surface area contributed by atoms with E-state index in [1.807, 2.05) is 0 Å². The molecule has 0 amide bonds. The molecule has 0 bridgehead atoms. The molecule has 1 aromatic carbocycles. The largest absolute Gasteiger partial charge is 0.417 e. The second-order valence-corrected chi connectivity index (χ2v) is 4.26. The Labute approximate surface area is 117 Å². The van der Waals surface area contributed by atoms with Crippen molar-refractivity contribution in [2.75, 3.05) is 0 Å². The second kappa shape index (κ2) is 4.94. The van der Waals surface area contributed by atoms with Crippen LogP contribution in [0.4, 0.5) is 13.2 Å². The fourth-order valence-electron chi connectivity index (χ4n) is 1.94. The normalized spacial score (nSPS) is 11.2. The highest BCUT2D eigenvalue weighted by atomic mass is 19.4. The molecule has 2 aromatic heterocycles. The highest BCUT2D eigenvalue weighted by molar-refractivity contribution is 5.80. The number of rotatable bonds is 0. The van der Waals surface area contributed by atoms with Crippen molar-refractivity contribution >= 4 is 11.0 Å². The first kappa shape index (κ1) is 13.2. The molecule has 0 saturated carbocycles. The minimum atomic E-state index is -4.43. The number of fused-ring (bicyclic) bond motifs is 1. The van der Waals surface area contributed by atoms with Crippen LogP contribution < -0.4 is 0 Å². The Bertz CT molecular complexity index is 853. The Morgan fingerprint density at radius 2 is 1.81 bits per heavy atom. The Morgan fingerprint density at radius 1 is 1.00 bits per heavy atom. The Hall–Kier alpha value is -2.81. The first-order valence-electron chi connectivity index (χ1n) is 6.02. The van der Waals surface area contributed by atoms with Crippen LogP contribution in [0.5, 0.6) is 0 Å². The molecule has 0 unspecified atom stereocenters. The number of alkyl halides is 3. The molecule has 21 heavy (non-hydrogen) atoms. The molecule has 0 aliphatic rings. The van der Waals surface area contributed by atoms with Crippen LogP contribution in [0.15, 0.2) is 42.9 Å². The zero-order valence-electron chi connectivity index (χ0n) is 10.6. The van der Waals surface area contributed by atoms with Gasteiger partial charge >= 0.3 is 6.18 Å². The lowest BCUT2D eigenvalue weighted by Gasteiger charge is -2.07. The minimum Gasteiger partial charge on any atom is -0.346 e. The molecule has 3 aromatic rings. The SMILES string of the molecule is FC(F)(F)c1ccccc1C#Cc1ncnc2[nH]ccc12. The van der Waals surface area contributed by atoms with Crippen LogP contribution in [-0.4, -0.2) is 15.0 Å². The predicted molar refractivity (Wildman–Crippen MR) is 71.3 cm³/mol. The van der Waals surface area contributed by atoms with Gasteiger partial charge in [-0.15, -0.1) is 0 Å². The molecule has 0 aliphatic heterocycles. The Kier molecular flexibility index (Phi) is 3.10. The van der Waals surface area contributed by atoms with E-state index in [1.54, 1.807) is 12.3 Å². The first-order valence-corrected chi connectivity index (χ1v) is 6.02. The average Bonchev–Trinajstić information content (AvgIpc) is 2.93. The van der Waals surface area contributed by atoms with Crippen molar-refractivity contribution in [1.29, 1.82) is 0 Å². The molecule has 1 N–H and O–H groups in total. The van der Waals surface area contributed by atoms with E-state index >= 15 is 0 Å². The van der Waals surface area contributed by atoms with Gasteiger partial charge in [0.05, 0.1) is 10.9 Å². The Morgan fingerprint density at radius 3 is 2.62 bits per heavy atom. The summed E-state index contributed by atoms with van der Waals surface area (Å²) in [5.74, 6) is 5.23. The number of benzene rings is 1. The fraction of sp³-hybridized carbons (Fsp3) is 0.0667. The van der Waals surface area contributed by atoms with Gasteiger partial charge in [0.2, 0.25) is 0 Å². The Balaban J connectivity index is 2.08. The maximum atomic E-state index is 12.9. The van der Waals surface area contributed by atoms with Crippen molar-refractivity contribution in [2.45, 2.75) is 6.18 Å². The summed E-state index contributed by atoms with van der Waals surface area (Å²) in [4.78, 5) is 10.9. The number of nitrogens with one attached hydrogen (secondary N) is 1. The lowest BCUT2D eigenvalue weighted by Crippen LogP contribution is -2.07. The molecule has 0 aliphatic carbocycles. The number of hydrogen-bond donors (Lipinski definition) is 1. The number of aromatic nitrogens is 3. The van der Waals surface area contributed by atoms with Crippen molar-refractivity contribution in [3.8, 4) is 11.8 Å². The predicted octanol–water partition coefficient (Wildman–Crippen LogP) is 3.38. The zero-order chi connectivity index (χ0) is 14.9. The third-order valence-corrected chi connectivity index (χ3v) is 2.90. The second-order valence-electron chi connectivity index (χ2n) is 4.26. The van der Waals surface area contributed by atoms with Crippen molar-refractivity contribution < 1.29 is 13.2 Å². The van der Waals surface area contributed by atoms with Gasteiger partial charge in [-0.25, -0.2) is 9.97 Å². The maximum Gasteiger partial charge on any atom is 0.417 e. The van der Waals surface area contributed by atoms with Crippen molar-refractivity contribution in [3.05, 3.63) is 59.7 Å². The van der Waals surface area contributed by atoms with Gasteiger partial charge < -0.3 is 4.98 Å². The van der Waals surface area contributed by atoms with Gasteiger partial charge in [0, 0.05) is 11.8 Å². The van der Waals surface area contributed by atoms with Gasteiger partial charge in [-0.1, -0.05) is 18.1 Å². The summed E-state index contributed by atoms with van der Waals surface area (Å²) >= 11 is 0. The molecule has 2 heterocycles. The summed E-state index contributed by atoms with van der Waals surface area (Å²) in [6, 6.07) is 6.93. The summed E-state index contributed by atoms with van der Waals surface area (Å²) in [6.07, 6.45) is -1.44. The molecule has 0 fully saturated rings. The smallest absolute Gasteiger partial charge is 0.346 e. The average molecular weight is 287 g/mol. The van der Waals surface area contributed by atoms with Crippen LogP contribution in [0.2, 0.25) is 0 Å². The van der Waals surface area contributed by atoms with E-state index in [0.717, 1.165) is 6.07 Å². The monoisotopic (exact) mass is 287 g/mol. The van der Waals surface area contributed by atoms with Crippen LogP contribution in [0.3, 0.4) is 0 Å². The zero-order valence-corrected chi connectivity index (χ0v) is 10.6. The summed E-state index contributed by atoms with van der Waals surface area (Å²) in [6.45, 7) is 0. The molecule has 0 spiro atoms. The van der Waals surface area contributed by atoms with E-state index in [2.05, 4.69) is 26.8 Å². The third kappa shape index (κ3) is 2.58. The van der Waals surface area contributed by atoms with E-state index in [-0.39, 0.29) is 5.56 Å². The summed E-state index contributed by atoms with van der Waals surface area (Å²) in [5.41, 5.74) is 0.154. The molecular weight excluding hydrogens is 279 g/mol. The van der Waals surface area contributed by atoms with Crippen LogP contribution in [0, 0.1) is 11.8 Å². The van der Waals surface area contributed by atoms with E-state index in [0.29, 0.717) is 16.7 Å². The quantitative estimate of drug-likeness (QED) is 0.644. The van der Waals surface area contributed by atoms with Gasteiger partial charge in [-0.2, -0.15) is 13.2 Å². The minimum absolute atomic E-state index is 0.0766. The fourth-order valence-corrected chi connectivity index (χ4v) is 1.94. The highest BCUT2D eigenvalue weighted by Gasteiger charge is 2.32. The van der Waals surface area contributed by atoms with Crippen LogP contribution in [0.1, 0.15) is 16.8 Å². The van der Waals surface area contributed by atoms with Crippen molar-refractivity contribution in [2.24, 2.45) is 0 Å². The number of aromatic amines is 1. The number of halogens is 3.